The quantitative estimate of drug-likeness (QED) is 0.844. The lowest BCUT2D eigenvalue weighted by molar-refractivity contribution is 0.174. The molecule has 0 bridgehead atoms. The first-order chi connectivity index (χ1) is 11.6. The summed E-state index contributed by atoms with van der Waals surface area (Å²) in [6.07, 6.45) is 2.73. The average Bonchev–Trinajstić information content (AvgIpc) is 3.25. The van der Waals surface area contributed by atoms with Crippen LogP contribution in [0, 0.1) is 6.92 Å². The highest BCUT2D eigenvalue weighted by Gasteiger charge is 2.39. The molecule has 1 saturated heterocycles. The van der Waals surface area contributed by atoms with Gasteiger partial charge in [-0.05, 0) is 13.3 Å². The van der Waals surface area contributed by atoms with E-state index in [0.717, 1.165) is 24.3 Å². The topological polar surface area (TPSA) is 117 Å². The molecule has 10 heteroatoms. The van der Waals surface area contributed by atoms with Gasteiger partial charge >= 0.3 is 6.03 Å². The zero-order valence-corrected chi connectivity index (χ0v) is 14.4. The summed E-state index contributed by atoms with van der Waals surface area (Å²) < 4.78 is 5.16. The number of carbonyl (C=O) groups excluding carboxylic acids is 1. The summed E-state index contributed by atoms with van der Waals surface area (Å²) in [4.78, 5) is 18.2. The van der Waals surface area contributed by atoms with E-state index >= 15 is 0 Å². The van der Waals surface area contributed by atoms with Crippen LogP contribution in [0.4, 0.5) is 9.93 Å². The number of anilines is 1. The minimum absolute atomic E-state index is 0.208. The molecule has 3 rings (SSSR count). The zero-order chi connectivity index (χ0) is 17.1. The van der Waals surface area contributed by atoms with Gasteiger partial charge in [0.2, 0.25) is 11.0 Å². The molecule has 2 aromatic rings. The molecular formula is C14H20N6O3S. The number of β-amino-alcohol motifs (C(OH)–C–C–N with tert-alkyl or cyclic N) is 1. The summed E-state index contributed by atoms with van der Waals surface area (Å²) in [5.74, 6) is 0.830. The van der Waals surface area contributed by atoms with Crippen LogP contribution < -0.4 is 5.32 Å². The summed E-state index contributed by atoms with van der Waals surface area (Å²) in [6, 6.07) is -0.792. The van der Waals surface area contributed by atoms with Gasteiger partial charge in [-0.2, -0.15) is 4.98 Å². The third-order valence-electron chi connectivity index (χ3n) is 3.79. The molecule has 0 radical (unpaired) electrons. The number of amides is 2. The van der Waals surface area contributed by atoms with Crippen molar-refractivity contribution in [2.45, 2.75) is 51.7 Å². The molecule has 0 unspecified atom stereocenters. The first kappa shape index (κ1) is 16.8. The van der Waals surface area contributed by atoms with Crippen LogP contribution in [-0.2, 0) is 6.42 Å². The maximum Gasteiger partial charge on any atom is 0.324 e. The fraction of sp³-hybridized carbons (Fsp3) is 0.643. The van der Waals surface area contributed by atoms with E-state index in [4.69, 9.17) is 4.52 Å². The van der Waals surface area contributed by atoms with Crippen LogP contribution in [0.5, 0.6) is 0 Å². The lowest BCUT2D eigenvalue weighted by Gasteiger charge is -2.20. The molecular weight excluding hydrogens is 332 g/mol. The zero-order valence-electron chi connectivity index (χ0n) is 13.6. The van der Waals surface area contributed by atoms with Crippen molar-refractivity contribution >= 4 is 22.5 Å². The van der Waals surface area contributed by atoms with Crippen molar-refractivity contribution in [2.24, 2.45) is 0 Å². The summed E-state index contributed by atoms with van der Waals surface area (Å²) in [6.45, 7) is 4.03. The van der Waals surface area contributed by atoms with Crippen LogP contribution in [-0.4, -0.2) is 49.0 Å². The molecule has 9 nitrogen and oxygen atoms in total. The summed E-state index contributed by atoms with van der Waals surface area (Å²) in [5, 5.41) is 25.8. The molecule has 0 saturated carbocycles. The third-order valence-corrected chi connectivity index (χ3v) is 4.69. The Hall–Kier alpha value is -2.07. The van der Waals surface area contributed by atoms with Crippen molar-refractivity contribution < 1.29 is 14.4 Å². The highest BCUT2D eigenvalue weighted by Crippen LogP contribution is 2.32. The number of hydrogen-bond acceptors (Lipinski definition) is 8. The predicted molar refractivity (Wildman–Crippen MR) is 86.6 cm³/mol. The number of likely N-dealkylation sites (tertiary alicyclic amines) is 1. The molecule has 130 valence electrons. The number of nitrogens with one attached hydrogen (secondary N) is 1. The monoisotopic (exact) mass is 352 g/mol. The number of carbonyl (C=O) groups is 1. The van der Waals surface area contributed by atoms with Crippen LogP contribution in [0.3, 0.4) is 0 Å². The average molecular weight is 352 g/mol. The first-order valence-electron chi connectivity index (χ1n) is 7.95. The molecule has 2 aromatic heterocycles. The van der Waals surface area contributed by atoms with Gasteiger partial charge in [-0.25, -0.2) is 4.79 Å². The molecule has 0 spiro atoms. The van der Waals surface area contributed by atoms with Crippen molar-refractivity contribution in [3.05, 3.63) is 16.7 Å². The standard InChI is InChI=1S/C14H20N6O3S/c1-3-4-5-11-17-18-13(24-11)16-14(22)20-7-9(21)6-10(20)12-15-8(2)19-23-12/h9-10,21H,3-7H2,1-2H3,(H,16,18,22)/t9-,10+/m0/s1. The van der Waals surface area contributed by atoms with Gasteiger partial charge in [0.15, 0.2) is 5.82 Å². The second-order valence-corrected chi connectivity index (χ2v) is 6.83. The van der Waals surface area contributed by atoms with Crippen LogP contribution in [0.15, 0.2) is 4.52 Å². The SMILES string of the molecule is CCCCc1nnc(NC(=O)N2C[C@@H](O)C[C@@H]2c2nc(C)no2)s1. The molecule has 24 heavy (non-hydrogen) atoms. The molecule has 2 amide bonds. The summed E-state index contributed by atoms with van der Waals surface area (Å²) >= 11 is 1.37. The predicted octanol–water partition coefficient (Wildman–Crippen LogP) is 1.91. The van der Waals surface area contributed by atoms with Crippen molar-refractivity contribution in [3.8, 4) is 0 Å². The van der Waals surface area contributed by atoms with Crippen LogP contribution in [0.25, 0.3) is 0 Å². The van der Waals surface area contributed by atoms with E-state index in [-0.39, 0.29) is 12.6 Å². The second kappa shape index (κ2) is 7.22. The number of hydrogen-bond donors (Lipinski definition) is 2. The number of unbranched alkanes of at least 4 members (excludes halogenated alkanes) is 1. The van der Waals surface area contributed by atoms with Gasteiger partial charge in [0.05, 0.1) is 6.10 Å². The van der Waals surface area contributed by atoms with Crippen molar-refractivity contribution in [1.29, 1.82) is 0 Å². The Balaban J connectivity index is 1.67. The van der Waals surface area contributed by atoms with Gasteiger partial charge in [0.25, 0.3) is 0 Å². The van der Waals surface area contributed by atoms with Crippen LogP contribution in [0.2, 0.25) is 0 Å². The highest BCUT2D eigenvalue weighted by atomic mass is 32.1. The van der Waals surface area contributed by atoms with E-state index in [2.05, 4.69) is 32.6 Å². The molecule has 0 aliphatic carbocycles. The minimum Gasteiger partial charge on any atom is -0.391 e. The van der Waals surface area contributed by atoms with Gasteiger partial charge in [0.1, 0.15) is 11.0 Å². The molecule has 2 atom stereocenters. The van der Waals surface area contributed by atoms with Gasteiger partial charge in [0, 0.05) is 19.4 Å². The third kappa shape index (κ3) is 3.70. The molecule has 1 aliphatic rings. The smallest absolute Gasteiger partial charge is 0.324 e. The molecule has 1 aliphatic heterocycles. The number of aryl methyl sites for hydroxylation is 2. The second-order valence-electron chi connectivity index (χ2n) is 5.77. The van der Waals surface area contributed by atoms with Crippen LogP contribution in [0.1, 0.15) is 49.0 Å². The summed E-state index contributed by atoms with van der Waals surface area (Å²) in [7, 11) is 0. The van der Waals surface area contributed by atoms with E-state index in [9.17, 15) is 9.90 Å². The lowest BCUT2D eigenvalue weighted by atomic mass is 10.2. The van der Waals surface area contributed by atoms with Crippen molar-refractivity contribution in [2.75, 3.05) is 11.9 Å². The minimum atomic E-state index is -0.623. The Morgan fingerprint density at radius 1 is 1.50 bits per heavy atom. The molecule has 3 heterocycles. The molecule has 1 fully saturated rings. The Kier molecular flexibility index (Phi) is 5.05. The number of aliphatic hydroxyl groups is 1. The fourth-order valence-electron chi connectivity index (χ4n) is 2.62. The summed E-state index contributed by atoms with van der Waals surface area (Å²) in [5.41, 5.74) is 0. The first-order valence-corrected chi connectivity index (χ1v) is 8.76. The highest BCUT2D eigenvalue weighted by molar-refractivity contribution is 7.15. The van der Waals surface area contributed by atoms with Gasteiger partial charge in [-0.1, -0.05) is 29.8 Å². The number of aromatic nitrogens is 4. The number of rotatable bonds is 5. The fourth-order valence-corrected chi connectivity index (χ4v) is 3.39. The van der Waals surface area contributed by atoms with Crippen LogP contribution >= 0.6 is 11.3 Å². The normalized spacial score (nSPS) is 20.5. The number of nitrogens with zero attached hydrogens (tertiary/aromatic N) is 5. The van der Waals surface area contributed by atoms with E-state index in [1.165, 1.54) is 16.2 Å². The van der Waals surface area contributed by atoms with E-state index in [0.29, 0.717) is 23.3 Å². The van der Waals surface area contributed by atoms with E-state index in [1.54, 1.807) is 6.92 Å². The Bertz CT molecular complexity index is 702. The number of urea groups is 1. The van der Waals surface area contributed by atoms with E-state index in [1.807, 2.05) is 0 Å². The molecule has 0 aromatic carbocycles. The lowest BCUT2D eigenvalue weighted by Crippen LogP contribution is -2.35. The number of aliphatic hydroxyl groups excluding tert-OH is 1. The van der Waals surface area contributed by atoms with Crippen molar-refractivity contribution in [3.63, 3.8) is 0 Å². The Labute approximate surface area is 143 Å². The molecule has 2 N–H and O–H groups in total. The maximum absolute atomic E-state index is 12.5. The largest absolute Gasteiger partial charge is 0.391 e. The van der Waals surface area contributed by atoms with Gasteiger partial charge in [-0.3, -0.25) is 5.32 Å². The van der Waals surface area contributed by atoms with Gasteiger partial charge in [-0.15, -0.1) is 10.2 Å². The van der Waals surface area contributed by atoms with Crippen molar-refractivity contribution in [1.82, 2.24) is 25.2 Å². The maximum atomic E-state index is 12.5. The Morgan fingerprint density at radius 2 is 2.33 bits per heavy atom. The Morgan fingerprint density at radius 3 is 3.04 bits per heavy atom. The van der Waals surface area contributed by atoms with E-state index < -0.39 is 12.1 Å². The van der Waals surface area contributed by atoms with Gasteiger partial charge < -0.3 is 14.5 Å².